The fraction of sp³-hybridized carbons (Fsp3) is 1.00. The zero-order valence-electron chi connectivity index (χ0n) is 7.31. The van der Waals surface area contributed by atoms with Gasteiger partial charge in [0.25, 0.3) is 0 Å². The van der Waals surface area contributed by atoms with E-state index < -0.39 is 0 Å². The molecule has 10 heavy (non-hydrogen) atoms. The molecule has 1 nitrogen and oxygen atoms in total. The first kappa shape index (κ1) is 10.3. The summed E-state index contributed by atoms with van der Waals surface area (Å²) in [6.45, 7) is 3.43. The minimum absolute atomic E-state index is 0.883. The van der Waals surface area contributed by atoms with Crippen molar-refractivity contribution in [3.8, 4) is 0 Å². The zero-order valence-corrected chi connectivity index (χ0v) is 8.13. The third-order valence-electron chi connectivity index (χ3n) is 1.74. The first-order chi connectivity index (χ1) is 4.85. The maximum absolute atomic E-state index is 3.16. The third-order valence-corrected chi connectivity index (χ3v) is 2.98. The van der Waals surface area contributed by atoms with Crippen molar-refractivity contribution in [2.75, 3.05) is 19.8 Å². The Morgan fingerprint density at radius 3 is 2.60 bits per heavy atom. The highest BCUT2D eigenvalue weighted by molar-refractivity contribution is 7.99. The van der Waals surface area contributed by atoms with Crippen molar-refractivity contribution in [2.45, 2.75) is 31.4 Å². The van der Waals surface area contributed by atoms with E-state index in [1.807, 2.05) is 18.8 Å². The molecule has 1 N–H and O–H groups in total. The third kappa shape index (κ3) is 5.12. The predicted molar refractivity (Wildman–Crippen MR) is 50.8 cm³/mol. The lowest BCUT2D eigenvalue weighted by Crippen LogP contribution is -2.10. The van der Waals surface area contributed by atoms with Gasteiger partial charge in [-0.25, -0.2) is 0 Å². The van der Waals surface area contributed by atoms with Crippen LogP contribution in [-0.4, -0.2) is 25.1 Å². The Kier molecular flexibility index (Phi) is 7.65. The monoisotopic (exact) mass is 161 g/mol. The van der Waals surface area contributed by atoms with Crippen LogP contribution in [0.4, 0.5) is 0 Å². The molecule has 0 aliphatic rings. The second-order valence-electron chi connectivity index (χ2n) is 2.51. The van der Waals surface area contributed by atoms with Crippen LogP contribution in [0, 0.1) is 0 Å². The lowest BCUT2D eigenvalue weighted by molar-refractivity contribution is 0.646. The quantitative estimate of drug-likeness (QED) is 0.599. The molecule has 0 rings (SSSR count). The Morgan fingerprint density at radius 1 is 1.50 bits per heavy atom. The van der Waals surface area contributed by atoms with Gasteiger partial charge in [0, 0.05) is 5.25 Å². The average molecular weight is 161 g/mol. The summed E-state index contributed by atoms with van der Waals surface area (Å²) < 4.78 is 0. The van der Waals surface area contributed by atoms with E-state index in [2.05, 4.69) is 18.5 Å². The molecule has 0 bridgehead atoms. The van der Waals surface area contributed by atoms with Gasteiger partial charge >= 0.3 is 0 Å². The molecule has 0 aliphatic carbocycles. The van der Waals surface area contributed by atoms with E-state index in [9.17, 15) is 0 Å². The maximum atomic E-state index is 3.16. The summed E-state index contributed by atoms with van der Waals surface area (Å²) in [4.78, 5) is 0. The van der Waals surface area contributed by atoms with Crippen LogP contribution < -0.4 is 5.32 Å². The zero-order chi connectivity index (χ0) is 7.82. The average Bonchev–Trinajstić information content (AvgIpc) is 1.99. The van der Waals surface area contributed by atoms with Gasteiger partial charge in [-0.3, -0.25) is 0 Å². The van der Waals surface area contributed by atoms with Crippen molar-refractivity contribution in [2.24, 2.45) is 0 Å². The number of nitrogens with one attached hydrogen (secondary N) is 1. The van der Waals surface area contributed by atoms with Crippen molar-refractivity contribution in [3.63, 3.8) is 0 Å². The van der Waals surface area contributed by atoms with Crippen LogP contribution in [0.15, 0.2) is 0 Å². The predicted octanol–water partition coefficient (Wildman–Crippen LogP) is 2.13. The van der Waals surface area contributed by atoms with Gasteiger partial charge in [0.1, 0.15) is 0 Å². The van der Waals surface area contributed by atoms with E-state index in [1.54, 1.807) is 0 Å². The molecule has 0 aromatic heterocycles. The summed E-state index contributed by atoms with van der Waals surface area (Å²) in [6, 6.07) is 0. The van der Waals surface area contributed by atoms with Crippen LogP contribution in [0.3, 0.4) is 0 Å². The number of rotatable bonds is 6. The molecule has 0 spiro atoms. The van der Waals surface area contributed by atoms with Gasteiger partial charge in [-0.05, 0) is 39.1 Å². The summed E-state index contributed by atoms with van der Waals surface area (Å²) in [5, 5.41) is 4.04. The van der Waals surface area contributed by atoms with Gasteiger partial charge in [-0.15, -0.1) is 0 Å². The molecular formula is C8H19NS. The molecule has 0 fully saturated rings. The molecule has 0 radical (unpaired) electrons. The van der Waals surface area contributed by atoms with Gasteiger partial charge in [0.15, 0.2) is 0 Å². The lowest BCUT2D eigenvalue weighted by atomic mass is 10.2. The minimum Gasteiger partial charge on any atom is -0.320 e. The van der Waals surface area contributed by atoms with E-state index in [4.69, 9.17) is 0 Å². The molecule has 0 saturated carbocycles. The van der Waals surface area contributed by atoms with Gasteiger partial charge in [0.05, 0.1) is 0 Å². The van der Waals surface area contributed by atoms with Crippen molar-refractivity contribution in [3.05, 3.63) is 0 Å². The Bertz CT molecular complexity index is 62.3. The molecule has 0 heterocycles. The molecule has 1 atom stereocenters. The Balaban J connectivity index is 3.09. The highest BCUT2D eigenvalue weighted by atomic mass is 32.2. The topological polar surface area (TPSA) is 12.0 Å². The number of hydrogen-bond acceptors (Lipinski definition) is 2. The summed E-state index contributed by atoms with van der Waals surface area (Å²) in [6.07, 6.45) is 6.19. The Morgan fingerprint density at radius 2 is 2.20 bits per heavy atom. The first-order valence-corrected chi connectivity index (χ1v) is 5.31. The van der Waals surface area contributed by atoms with Crippen molar-refractivity contribution < 1.29 is 0 Å². The van der Waals surface area contributed by atoms with Crippen LogP contribution in [0.25, 0.3) is 0 Å². The van der Waals surface area contributed by atoms with Gasteiger partial charge in [0.2, 0.25) is 0 Å². The van der Waals surface area contributed by atoms with Crippen LogP contribution >= 0.6 is 11.8 Å². The number of thioether (sulfide) groups is 1. The molecule has 1 unspecified atom stereocenters. The maximum Gasteiger partial charge on any atom is 0.00421 e. The van der Waals surface area contributed by atoms with Crippen molar-refractivity contribution >= 4 is 11.8 Å². The summed E-state index contributed by atoms with van der Waals surface area (Å²) >= 11 is 1.99. The summed E-state index contributed by atoms with van der Waals surface area (Å²) in [5.41, 5.74) is 0. The first-order valence-electron chi connectivity index (χ1n) is 4.02. The molecule has 62 valence electrons. The molecule has 0 aromatic rings. The highest BCUT2D eigenvalue weighted by Crippen LogP contribution is 2.15. The summed E-state index contributed by atoms with van der Waals surface area (Å²) in [5.74, 6) is 0. The second-order valence-corrected chi connectivity index (χ2v) is 3.65. The fourth-order valence-corrected chi connectivity index (χ4v) is 1.73. The van der Waals surface area contributed by atoms with Crippen LogP contribution in [-0.2, 0) is 0 Å². The molecular weight excluding hydrogens is 142 g/mol. The standard InChI is InChI=1S/C8H19NS/c1-4-8(10-3)6-5-7-9-2/h8-9H,4-7H2,1-3H3. The smallest absolute Gasteiger partial charge is 0.00421 e. The van der Waals surface area contributed by atoms with E-state index in [0.29, 0.717) is 0 Å². The van der Waals surface area contributed by atoms with E-state index in [1.165, 1.54) is 19.3 Å². The largest absolute Gasteiger partial charge is 0.320 e. The Labute approximate surface area is 69.0 Å². The minimum atomic E-state index is 0.883. The van der Waals surface area contributed by atoms with Crippen LogP contribution in [0.1, 0.15) is 26.2 Å². The summed E-state index contributed by atoms with van der Waals surface area (Å²) in [7, 11) is 2.01. The molecule has 0 amide bonds. The highest BCUT2D eigenvalue weighted by Gasteiger charge is 2.01. The van der Waals surface area contributed by atoms with E-state index in [0.717, 1.165) is 11.8 Å². The van der Waals surface area contributed by atoms with E-state index in [-0.39, 0.29) is 0 Å². The molecule has 0 aliphatic heterocycles. The normalized spacial score (nSPS) is 13.5. The van der Waals surface area contributed by atoms with Gasteiger partial charge in [-0.1, -0.05) is 6.92 Å². The molecule has 2 heteroatoms. The van der Waals surface area contributed by atoms with Crippen LogP contribution in [0.2, 0.25) is 0 Å². The Hall–Kier alpha value is 0.310. The van der Waals surface area contributed by atoms with Crippen LogP contribution in [0.5, 0.6) is 0 Å². The molecule has 0 saturated heterocycles. The van der Waals surface area contributed by atoms with Crippen molar-refractivity contribution in [1.82, 2.24) is 5.32 Å². The second kappa shape index (κ2) is 7.42. The lowest BCUT2D eigenvalue weighted by Gasteiger charge is -2.10. The number of hydrogen-bond donors (Lipinski definition) is 1. The van der Waals surface area contributed by atoms with Gasteiger partial charge < -0.3 is 5.32 Å². The fourth-order valence-electron chi connectivity index (χ4n) is 0.995. The van der Waals surface area contributed by atoms with E-state index >= 15 is 0 Å². The van der Waals surface area contributed by atoms with Crippen molar-refractivity contribution in [1.29, 1.82) is 0 Å². The van der Waals surface area contributed by atoms with Gasteiger partial charge in [-0.2, -0.15) is 11.8 Å². The SMILES string of the molecule is CCC(CCCNC)SC. The molecule has 0 aromatic carbocycles.